The smallest absolute Gasteiger partial charge is 0.416 e. The molecule has 0 aromatic heterocycles. The van der Waals surface area contributed by atoms with Gasteiger partial charge in [0, 0.05) is 18.2 Å². The van der Waals surface area contributed by atoms with Gasteiger partial charge in [0.15, 0.2) is 11.5 Å². The predicted molar refractivity (Wildman–Crippen MR) is 115 cm³/mol. The Hall–Kier alpha value is -3.32. The highest BCUT2D eigenvalue weighted by atomic mass is 32.2. The van der Waals surface area contributed by atoms with Crippen LogP contribution in [0.1, 0.15) is 16.7 Å². The summed E-state index contributed by atoms with van der Waals surface area (Å²) in [7, 11) is -2.21. The van der Waals surface area contributed by atoms with Crippen molar-refractivity contribution in [1.29, 1.82) is 0 Å². The number of alkyl halides is 6. The van der Waals surface area contributed by atoms with Crippen molar-refractivity contribution in [2.24, 2.45) is 0 Å². The van der Waals surface area contributed by atoms with Crippen molar-refractivity contribution in [3.8, 4) is 22.6 Å². The molecule has 194 valence electrons. The third-order valence-electron chi connectivity index (χ3n) is 5.05. The number of nitrogens with one attached hydrogen (secondary N) is 1. The van der Waals surface area contributed by atoms with Crippen LogP contribution in [0.2, 0.25) is 0 Å². The predicted octanol–water partition coefficient (Wildman–Crippen LogP) is 6.03. The van der Waals surface area contributed by atoms with Crippen LogP contribution in [0.4, 0.5) is 30.7 Å². The van der Waals surface area contributed by atoms with E-state index in [0.29, 0.717) is 17.7 Å². The van der Waals surface area contributed by atoms with E-state index in [4.69, 9.17) is 9.47 Å². The van der Waals surface area contributed by atoms with E-state index in [2.05, 4.69) is 4.72 Å². The second-order valence-electron chi connectivity index (χ2n) is 7.45. The molecule has 0 unspecified atom stereocenters. The molecule has 0 bridgehead atoms. The molecule has 0 spiro atoms. The van der Waals surface area contributed by atoms with Crippen molar-refractivity contribution < 1.29 is 48.6 Å². The molecular formula is C23H18F7NO4S. The first kappa shape index (κ1) is 27.3. The molecule has 0 heterocycles. The standard InChI is InChI=1S/C23H18F7NO4S/c1-34-19-10-18(14-7-15(22(25,26)27)9-16(8-14)23(28,29)30)21(11-20(19)35-2)36(32,33)31-12-13-3-5-17(24)6-4-13/h3-11,31H,12H2,1-2H3. The molecule has 13 heteroatoms. The van der Waals surface area contributed by atoms with E-state index in [-0.39, 0.29) is 24.1 Å². The lowest BCUT2D eigenvalue weighted by molar-refractivity contribution is -0.143. The summed E-state index contributed by atoms with van der Waals surface area (Å²) < 4.78 is 132. The fourth-order valence-electron chi connectivity index (χ4n) is 3.28. The average Bonchev–Trinajstić information content (AvgIpc) is 2.81. The Balaban J connectivity index is 2.23. The molecule has 3 aromatic carbocycles. The molecule has 0 amide bonds. The molecule has 36 heavy (non-hydrogen) atoms. The summed E-state index contributed by atoms with van der Waals surface area (Å²) in [5.74, 6) is -0.823. The molecule has 0 radical (unpaired) electrons. The maximum atomic E-state index is 13.4. The van der Waals surface area contributed by atoms with Crippen molar-refractivity contribution >= 4 is 10.0 Å². The Bertz CT molecular complexity index is 1320. The van der Waals surface area contributed by atoms with Gasteiger partial charge in [0.2, 0.25) is 10.0 Å². The number of halogens is 7. The van der Waals surface area contributed by atoms with Gasteiger partial charge in [-0.2, -0.15) is 26.3 Å². The van der Waals surface area contributed by atoms with Crippen LogP contribution in [0.15, 0.2) is 59.5 Å². The monoisotopic (exact) mass is 537 g/mol. The topological polar surface area (TPSA) is 64.6 Å². The average molecular weight is 537 g/mol. The number of methoxy groups -OCH3 is 2. The van der Waals surface area contributed by atoms with Gasteiger partial charge in [-0.15, -0.1) is 0 Å². The molecule has 1 N–H and O–H groups in total. The molecule has 0 saturated carbocycles. The maximum Gasteiger partial charge on any atom is 0.416 e. The number of rotatable bonds is 7. The van der Waals surface area contributed by atoms with Gasteiger partial charge in [-0.1, -0.05) is 12.1 Å². The minimum atomic E-state index is -5.15. The minimum absolute atomic E-state index is 0.0643. The van der Waals surface area contributed by atoms with E-state index in [1.807, 2.05) is 0 Å². The fraction of sp³-hybridized carbons (Fsp3) is 0.217. The Morgan fingerprint density at radius 2 is 1.28 bits per heavy atom. The van der Waals surface area contributed by atoms with Crippen LogP contribution in [0.5, 0.6) is 11.5 Å². The molecule has 3 aromatic rings. The number of benzene rings is 3. The number of ether oxygens (including phenoxy) is 2. The van der Waals surface area contributed by atoms with Gasteiger partial charge in [-0.05, 0) is 47.5 Å². The van der Waals surface area contributed by atoms with Crippen LogP contribution in [-0.2, 0) is 28.9 Å². The molecule has 3 rings (SSSR count). The van der Waals surface area contributed by atoms with Gasteiger partial charge in [-0.3, -0.25) is 0 Å². The lowest BCUT2D eigenvalue weighted by Gasteiger charge is -2.18. The van der Waals surface area contributed by atoms with Crippen molar-refractivity contribution in [3.63, 3.8) is 0 Å². The van der Waals surface area contributed by atoms with Crippen LogP contribution >= 0.6 is 0 Å². The molecule has 0 aliphatic heterocycles. The van der Waals surface area contributed by atoms with E-state index < -0.39 is 55.3 Å². The van der Waals surface area contributed by atoms with Crippen molar-refractivity contribution in [2.75, 3.05) is 14.2 Å². The Kier molecular flexibility index (Phi) is 7.55. The number of hydrogen-bond donors (Lipinski definition) is 1. The highest BCUT2D eigenvalue weighted by Crippen LogP contribution is 2.42. The molecule has 5 nitrogen and oxygen atoms in total. The van der Waals surface area contributed by atoms with Gasteiger partial charge < -0.3 is 9.47 Å². The first-order chi connectivity index (χ1) is 16.7. The van der Waals surface area contributed by atoms with E-state index in [1.165, 1.54) is 19.2 Å². The van der Waals surface area contributed by atoms with Crippen LogP contribution in [0.25, 0.3) is 11.1 Å². The van der Waals surface area contributed by atoms with Gasteiger partial charge in [0.1, 0.15) is 5.82 Å². The molecule has 0 aliphatic rings. The molecule has 0 aliphatic carbocycles. The Morgan fingerprint density at radius 1 is 0.778 bits per heavy atom. The SMILES string of the molecule is COc1cc(-c2cc(C(F)(F)F)cc(C(F)(F)F)c2)c(S(=O)(=O)NCc2ccc(F)cc2)cc1OC. The number of sulfonamides is 1. The highest BCUT2D eigenvalue weighted by Gasteiger charge is 2.37. The lowest BCUT2D eigenvalue weighted by atomic mass is 9.98. The summed E-state index contributed by atoms with van der Waals surface area (Å²) in [5.41, 5.74) is -4.05. The van der Waals surface area contributed by atoms with Gasteiger partial charge in [0.25, 0.3) is 0 Å². The van der Waals surface area contributed by atoms with E-state index in [9.17, 15) is 39.2 Å². The maximum absolute atomic E-state index is 13.4. The second kappa shape index (κ2) is 9.97. The summed E-state index contributed by atoms with van der Waals surface area (Å²) in [5, 5.41) is 0. The van der Waals surface area contributed by atoms with Crippen LogP contribution < -0.4 is 14.2 Å². The quantitative estimate of drug-likeness (QED) is 0.374. The van der Waals surface area contributed by atoms with Crippen LogP contribution in [0, 0.1) is 5.82 Å². The minimum Gasteiger partial charge on any atom is -0.493 e. The van der Waals surface area contributed by atoms with Gasteiger partial charge in [0.05, 0.1) is 30.2 Å². The van der Waals surface area contributed by atoms with Crippen LogP contribution in [0.3, 0.4) is 0 Å². The summed E-state index contributed by atoms with van der Waals surface area (Å²) in [4.78, 5) is -0.658. The van der Waals surface area contributed by atoms with Crippen LogP contribution in [-0.4, -0.2) is 22.6 Å². The number of hydrogen-bond acceptors (Lipinski definition) is 4. The second-order valence-corrected chi connectivity index (χ2v) is 9.18. The fourth-order valence-corrected chi connectivity index (χ4v) is 4.52. The Morgan fingerprint density at radius 3 is 1.75 bits per heavy atom. The van der Waals surface area contributed by atoms with Crippen molar-refractivity contribution in [2.45, 2.75) is 23.8 Å². The largest absolute Gasteiger partial charge is 0.493 e. The lowest BCUT2D eigenvalue weighted by Crippen LogP contribution is -2.24. The Labute approximate surface area is 201 Å². The molecule has 0 saturated heterocycles. The molecule has 0 atom stereocenters. The normalized spacial score (nSPS) is 12.5. The van der Waals surface area contributed by atoms with Gasteiger partial charge in [-0.25, -0.2) is 17.5 Å². The van der Waals surface area contributed by atoms with Gasteiger partial charge >= 0.3 is 12.4 Å². The molecule has 0 fully saturated rings. The zero-order valence-electron chi connectivity index (χ0n) is 18.6. The zero-order valence-corrected chi connectivity index (χ0v) is 19.4. The highest BCUT2D eigenvalue weighted by molar-refractivity contribution is 7.89. The van der Waals surface area contributed by atoms with E-state index in [0.717, 1.165) is 31.4 Å². The summed E-state index contributed by atoms with van der Waals surface area (Å²) >= 11 is 0. The van der Waals surface area contributed by atoms with E-state index >= 15 is 0 Å². The molecular weight excluding hydrogens is 519 g/mol. The third-order valence-corrected chi connectivity index (χ3v) is 6.49. The first-order valence-corrected chi connectivity index (χ1v) is 11.4. The summed E-state index contributed by atoms with van der Waals surface area (Å²) in [6.07, 6.45) is -10.3. The van der Waals surface area contributed by atoms with Crippen molar-refractivity contribution in [1.82, 2.24) is 4.72 Å². The summed E-state index contributed by atoms with van der Waals surface area (Å²) in [6.45, 7) is -0.340. The third kappa shape index (κ3) is 6.08. The first-order valence-electron chi connectivity index (χ1n) is 9.95. The van der Waals surface area contributed by atoms with E-state index in [1.54, 1.807) is 0 Å². The summed E-state index contributed by atoms with van der Waals surface area (Å²) in [6, 6.07) is 7.44. The zero-order chi connectivity index (χ0) is 26.9. The van der Waals surface area contributed by atoms with Crippen molar-refractivity contribution in [3.05, 3.63) is 77.1 Å².